The molecule has 3 heterocycles. The first kappa shape index (κ1) is 15.2. The summed E-state index contributed by atoms with van der Waals surface area (Å²) >= 11 is 1.29. The Morgan fingerprint density at radius 1 is 1.41 bits per heavy atom. The Kier molecular flexibility index (Phi) is 3.78. The predicted molar refractivity (Wildman–Crippen MR) is 75.2 cm³/mol. The number of aldehydes is 1. The third-order valence-electron chi connectivity index (χ3n) is 3.58. The van der Waals surface area contributed by atoms with Crippen LogP contribution in [0.3, 0.4) is 0 Å². The molecule has 1 aliphatic heterocycles. The zero-order valence-electron chi connectivity index (χ0n) is 11.6. The number of carbonyl (C=O) groups is 1. The van der Waals surface area contributed by atoms with Gasteiger partial charge in [-0.25, -0.2) is 4.98 Å². The molecule has 1 unspecified atom stereocenters. The highest BCUT2D eigenvalue weighted by atomic mass is 32.1. The van der Waals surface area contributed by atoms with Crippen LogP contribution < -0.4 is 0 Å². The molecule has 3 nitrogen and oxygen atoms in total. The number of rotatable bonds is 2. The van der Waals surface area contributed by atoms with Crippen LogP contribution in [0.1, 0.15) is 43.2 Å². The van der Waals surface area contributed by atoms with E-state index in [1.165, 1.54) is 17.4 Å². The molecule has 0 aliphatic carbocycles. The topological polar surface area (TPSA) is 39.2 Å². The van der Waals surface area contributed by atoms with Gasteiger partial charge in [0.2, 0.25) is 0 Å². The zero-order valence-corrected chi connectivity index (χ0v) is 12.4. The summed E-state index contributed by atoms with van der Waals surface area (Å²) in [6.07, 6.45) is -3.89. The van der Waals surface area contributed by atoms with Crippen LogP contribution in [0.2, 0.25) is 0 Å². The number of halogens is 3. The maximum absolute atomic E-state index is 12.9. The van der Waals surface area contributed by atoms with Gasteiger partial charge in [-0.2, -0.15) is 13.2 Å². The van der Waals surface area contributed by atoms with Crippen LogP contribution in [0.5, 0.6) is 0 Å². The molecule has 0 saturated carbocycles. The van der Waals surface area contributed by atoms with Crippen LogP contribution in [-0.4, -0.2) is 17.9 Å². The Hall–Kier alpha value is -1.73. The predicted octanol–water partition coefficient (Wildman–Crippen LogP) is 3.94. The van der Waals surface area contributed by atoms with Gasteiger partial charge in [0.05, 0.1) is 17.2 Å². The van der Waals surface area contributed by atoms with Gasteiger partial charge in [-0.3, -0.25) is 4.79 Å². The van der Waals surface area contributed by atoms with E-state index in [1.54, 1.807) is 6.07 Å². The molecule has 0 amide bonds. The van der Waals surface area contributed by atoms with E-state index in [4.69, 9.17) is 4.74 Å². The fraction of sp³-hybridized carbons (Fsp3) is 0.333. The number of carbonyl (C=O) groups excluding carboxylic acids is 1. The van der Waals surface area contributed by atoms with E-state index in [9.17, 15) is 18.0 Å². The van der Waals surface area contributed by atoms with Gasteiger partial charge in [0.15, 0.2) is 6.29 Å². The molecule has 22 heavy (non-hydrogen) atoms. The van der Waals surface area contributed by atoms with Crippen molar-refractivity contribution in [1.82, 2.24) is 4.98 Å². The average Bonchev–Trinajstić information content (AvgIpc) is 2.86. The summed E-state index contributed by atoms with van der Waals surface area (Å²) in [5.74, 6) is 0. The number of aromatic nitrogens is 1. The van der Waals surface area contributed by atoms with Crippen LogP contribution in [0.25, 0.3) is 0 Å². The molecule has 2 aromatic heterocycles. The summed E-state index contributed by atoms with van der Waals surface area (Å²) in [4.78, 5) is 16.0. The third kappa shape index (κ3) is 2.66. The van der Waals surface area contributed by atoms with Gasteiger partial charge in [0.25, 0.3) is 0 Å². The van der Waals surface area contributed by atoms with E-state index in [2.05, 4.69) is 4.98 Å². The number of hydrogen-bond acceptors (Lipinski definition) is 4. The molecular formula is C15H12F3NO2S. The van der Waals surface area contributed by atoms with E-state index in [1.807, 2.05) is 6.92 Å². The van der Waals surface area contributed by atoms with Gasteiger partial charge in [0.1, 0.15) is 11.8 Å². The van der Waals surface area contributed by atoms with E-state index in [-0.39, 0.29) is 0 Å². The standard InChI is InChI=1S/C15H12F3NO2S/c1-8-11(6-10(7-20)22-8)14-13-9(4-5-21-14)2-3-12(19-13)15(16,17)18/h2-3,6-7,14H,4-5H2,1H3. The average molecular weight is 327 g/mol. The molecule has 1 atom stereocenters. The number of fused-ring (bicyclic) bond motifs is 1. The van der Waals surface area contributed by atoms with Gasteiger partial charge in [-0.05, 0) is 31.0 Å². The fourth-order valence-electron chi connectivity index (χ4n) is 2.54. The van der Waals surface area contributed by atoms with E-state index in [0.717, 1.165) is 22.8 Å². The number of nitrogens with zero attached hydrogens (tertiary/aromatic N) is 1. The van der Waals surface area contributed by atoms with Crippen molar-refractivity contribution in [2.75, 3.05) is 6.61 Å². The summed E-state index contributed by atoms with van der Waals surface area (Å²) in [7, 11) is 0. The fourth-order valence-corrected chi connectivity index (χ4v) is 3.41. The van der Waals surface area contributed by atoms with Crippen molar-refractivity contribution in [1.29, 1.82) is 0 Å². The van der Waals surface area contributed by atoms with E-state index < -0.39 is 18.0 Å². The van der Waals surface area contributed by atoms with E-state index >= 15 is 0 Å². The number of pyridine rings is 1. The normalized spacial score (nSPS) is 18.1. The highest BCUT2D eigenvalue weighted by Crippen LogP contribution is 2.38. The second-order valence-corrected chi connectivity index (χ2v) is 6.31. The first-order valence-corrected chi connectivity index (χ1v) is 7.46. The van der Waals surface area contributed by atoms with Gasteiger partial charge < -0.3 is 4.74 Å². The largest absolute Gasteiger partial charge is 0.433 e. The molecule has 0 spiro atoms. The summed E-state index contributed by atoms with van der Waals surface area (Å²) < 4.78 is 44.3. The summed E-state index contributed by atoms with van der Waals surface area (Å²) in [5.41, 5.74) is 0.826. The lowest BCUT2D eigenvalue weighted by atomic mass is 9.97. The molecule has 2 aromatic rings. The number of thiophene rings is 1. The monoisotopic (exact) mass is 327 g/mol. The van der Waals surface area contributed by atoms with Crippen LogP contribution in [0.4, 0.5) is 13.2 Å². The number of alkyl halides is 3. The molecule has 3 rings (SSSR count). The second-order valence-electron chi connectivity index (χ2n) is 5.02. The van der Waals surface area contributed by atoms with Crippen LogP contribution in [-0.2, 0) is 17.3 Å². The molecule has 1 aliphatic rings. The first-order chi connectivity index (χ1) is 10.4. The Bertz CT molecular complexity index is 724. The first-order valence-electron chi connectivity index (χ1n) is 6.64. The Balaban J connectivity index is 2.09. The molecule has 0 fully saturated rings. The van der Waals surface area contributed by atoms with E-state index in [0.29, 0.717) is 29.2 Å². The van der Waals surface area contributed by atoms with Crippen molar-refractivity contribution in [2.24, 2.45) is 0 Å². The van der Waals surface area contributed by atoms with Crippen LogP contribution >= 0.6 is 11.3 Å². The molecule has 7 heteroatoms. The van der Waals surface area contributed by atoms with Gasteiger partial charge >= 0.3 is 6.18 Å². The minimum Gasteiger partial charge on any atom is -0.367 e. The molecule has 0 N–H and O–H groups in total. The summed E-state index contributed by atoms with van der Waals surface area (Å²) in [5, 5.41) is 0. The van der Waals surface area contributed by atoms with Crippen LogP contribution in [0.15, 0.2) is 18.2 Å². The quantitative estimate of drug-likeness (QED) is 0.784. The second kappa shape index (κ2) is 5.48. The lowest BCUT2D eigenvalue weighted by molar-refractivity contribution is -0.141. The zero-order chi connectivity index (χ0) is 15.9. The van der Waals surface area contributed by atoms with Crippen molar-refractivity contribution in [3.63, 3.8) is 0 Å². The molecule has 0 radical (unpaired) electrons. The maximum Gasteiger partial charge on any atom is 0.433 e. The van der Waals surface area contributed by atoms with Crippen molar-refractivity contribution in [2.45, 2.75) is 25.6 Å². The van der Waals surface area contributed by atoms with Crippen molar-refractivity contribution in [3.8, 4) is 0 Å². The highest BCUT2D eigenvalue weighted by Gasteiger charge is 2.35. The van der Waals surface area contributed by atoms with Crippen molar-refractivity contribution < 1.29 is 22.7 Å². The summed E-state index contributed by atoms with van der Waals surface area (Å²) in [6.45, 7) is 2.23. The molecule has 0 aromatic carbocycles. The minimum atomic E-state index is -4.49. The highest BCUT2D eigenvalue weighted by molar-refractivity contribution is 7.13. The minimum absolute atomic E-state index is 0.291. The molecular weight excluding hydrogens is 315 g/mol. The summed E-state index contributed by atoms with van der Waals surface area (Å²) in [6, 6.07) is 4.12. The van der Waals surface area contributed by atoms with Gasteiger partial charge in [0, 0.05) is 10.4 Å². The maximum atomic E-state index is 12.9. The molecule has 0 saturated heterocycles. The number of aryl methyl sites for hydroxylation is 1. The van der Waals surface area contributed by atoms with Crippen molar-refractivity contribution in [3.05, 3.63) is 50.5 Å². The number of ether oxygens (including phenoxy) is 1. The van der Waals surface area contributed by atoms with Crippen LogP contribution in [0, 0.1) is 6.92 Å². The van der Waals surface area contributed by atoms with Gasteiger partial charge in [-0.1, -0.05) is 6.07 Å². The Morgan fingerprint density at radius 2 is 2.18 bits per heavy atom. The Labute approximate surface area is 128 Å². The SMILES string of the molecule is Cc1sc(C=O)cc1C1OCCc2ccc(C(F)(F)F)nc21. The Morgan fingerprint density at radius 3 is 2.82 bits per heavy atom. The number of hydrogen-bond donors (Lipinski definition) is 0. The lowest BCUT2D eigenvalue weighted by Gasteiger charge is -2.26. The molecule has 116 valence electrons. The lowest BCUT2D eigenvalue weighted by Crippen LogP contribution is -2.21. The smallest absolute Gasteiger partial charge is 0.367 e. The van der Waals surface area contributed by atoms with Gasteiger partial charge in [-0.15, -0.1) is 11.3 Å². The third-order valence-corrected chi connectivity index (χ3v) is 4.57. The van der Waals surface area contributed by atoms with Crippen molar-refractivity contribution >= 4 is 17.6 Å². The molecule has 0 bridgehead atoms.